The first-order valence-corrected chi connectivity index (χ1v) is 8.47. The van der Waals surface area contributed by atoms with E-state index in [1.54, 1.807) is 7.05 Å². The Kier molecular flexibility index (Phi) is 8.08. The molecule has 0 unspecified atom stereocenters. The molecule has 3 rings (SSSR count). The fraction of sp³-hybridized carbons (Fsp3) is 0.316. The van der Waals surface area contributed by atoms with Crippen molar-refractivity contribution in [1.82, 2.24) is 5.32 Å². The lowest BCUT2D eigenvalue weighted by Gasteiger charge is -2.14. The second kappa shape index (κ2) is 10.3. The molecule has 2 aromatic carbocycles. The number of nitrogens with zero attached hydrogens (tertiary/aromatic N) is 1. The smallest absolute Gasteiger partial charge is 0.195 e. The van der Waals surface area contributed by atoms with Crippen LogP contribution in [0, 0.1) is 11.6 Å². The van der Waals surface area contributed by atoms with Crippen molar-refractivity contribution >= 4 is 35.6 Å². The molecular formula is C19H22F2IN3O2. The van der Waals surface area contributed by atoms with Crippen LogP contribution in [0.2, 0.25) is 0 Å². The summed E-state index contributed by atoms with van der Waals surface area (Å²) in [5, 5.41) is 6.18. The van der Waals surface area contributed by atoms with Crippen molar-refractivity contribution in [2.75, 3.05) is 32.1 Å². The maximum Gasteiger partial charge on any atom is 0.195 e. The average molecular weight is 489 g/mol. The van der Waals surface area contributed by atoms with Gasteiger partial charge < -0.3 is 20.1 Å². The summed E-state index contributed by atoms with van der Waals surface area (Å²) >= 11 is 0. The van der Waals surface area contributed by atoms with E-state index in [9.17, 15) is 8.78 Å². The highest BCUT2D eigenvalue weighted by molar-refractivity contribution is 14.0. The van der Waals surface area contributed by atoms with Gasteiger partial charge in [0.2, 0.25) is 0 Å². The summed E-state index contributed by atoms with van der Waals surface area (Å²) in [6, 6.07) is 9.39. The quantitative estimate of drug-likeness (QED) is 0.388. The molecule has 146 valence electrons. The minimum absolute atomic E-state index is 0. The van der Waals surface area contributed by atoms with E-state index in [0.29, 0.717) is 37.2 Å². The van der Waals surface area contributed by atoms with Crippen LogP contribution in [0.5, 0.6) is 11.5 Å². The normalized spacial score (nSPS) is 13.4. The third-order valence-electron chi connectivity index (χ3n) is 3.96. The molecule has 0 aromatic heterocycles. The summed E-state index contributed by atoms with van der Waals surface area (Å²) in [5.41, 5.74) is 0.838. The number of fused-ring (bicyclic) bond motifs is 1. The van der Waals surface area contributed by atoms with Crippen LogP contribution in [-0.2, 0) is 6.42 Å². The number of aliphatic imine (C=N–C) groups is 1. The average Bonchev–Trinajstić information content (AvgIpc) is 2.88. The Bertz CT molecular complexity index is 782. The SMILES string of the molecule is CN=C(NCCc1c(F)cccc1F)Nc1ccc2c(c1)OCCCO2.I. The summed E-state index contributed by atoms with van der Waals surface area (Å²) in [6.07, 6.45) is 1.05. The van der Waals surface area contributed by atoms with Gasteiger partial charge in [-0.25, -0.2) is 8.78 Å². The van der Waals surface area contributed by atoms with E-state index in [4.69, 9.17) is 9.47 Å². The topological polar surface area (TPSA) is 54.9 Å². The molecule has 0 bridgehead atoms. The zero-order chi connectivity index (χ0) is 18.4. The van der Waals surface area contributed by atoms with E-state index in [1.165, 1.54) is 18.2 Å². The predicted octanol–water partition coefficient (Wildman–Crippen LogP) is 3.97. The lowest BCUT2D eigenvalue weighted by atomic mass is 10.1. The van der Waals surface area contributed by atoms with E-state index >= 15 is 0 Å². The molecule has 0 fully saturated rings. The molecule has 0 spiro atoms. The summed E-state index contributed by atoms with van der Waals surface area (Å²) < 4.78 is 38.6. The van der Waals surface area contributed by atoms with Gasteiger partial charge in [0, 0.05) is 37.3 Å². The third kappa shape index (κ3) is 5.69. The van der Waals surface area contributed by atoms with E-state index in [0.717, 1.165) is 12.1 Å². The number of guanidine groups is 1. The molecule has 1 aliphatic rings. The van der Waals surface area contributed by atoms with Gasteiger partial charge in [0.15, 0.2) is 17.5 Å². The Labute approximate surface area is 174 Å². The molecule has 27 heavy (non-hydrogen) atoms. The number of anilines is 1. The van der Waals surface area contributed by atoms with Crippen molar-refractivity contribution < 1.29 is 18.3 Å². The predicted molar refractivity (Wildman–Crippen MR) is 113 cm³/mol. The van der Waals surface area contributed by atoms with Crippen LogP contribution >= 0.6 is 24.0 Å². The number of hydrogen-bond acceptors (Lipinski definition) is 3. The number of nitrogens with one attached hydrogen (secondary N) is 2. The minimum atomic E-state index is -0.544. The minimum Gasteiger partial charge on any atom is -0.490 e. The monoisotopic (exact) mass is 489 g/mol. The maximum absolute atomic E-state index is 13.7. The second-order valence-electron chi connectivity index (χ2n) is 5.79. The first kappa shape index (κ1) is 21.2. The van der Waals surface area contributed by atoms with Crippen molar-refractivity contribution in [1.29, 1.82) is 0 Å². The van der Waals surface area contributed by atoms with Gasteiger partial charge in [0.25, 0.3) is 0 Å². The van der Waals surface area contributed by atoms with Gasteiger partial charge in [0.05, 0.1) is 13.2 Å². The van der Waals surface area contributed by atoms with Gasteiger partial charge in [-0.2, -0.15) is 0 Å². The molecule has 5 nitrogen and oxygen atoms in total. The van der Waals surface area contributed by atoms with Crippen LogP contribution in [0.3, 0.4) is 0 Å². The van der Waals surface area contributed by atoms with Crippen LogP contribution in [0.15, 0.2) is 41.4 Å². The van der Waals surface area contributed by atoms with Crippen LogP contribution in [0.4, 0.5) is 14.5 Å². The number of ether oxygens (including phenoxy) is 2. The Hall–Kier alpha value is -2.10. The van der Waals surface area contributed by atoms with Gasteiger partial charge in [-0.3, -0.25) is 4.99 Å². The second-order valence-corrected chi connectivity index (χ2v) is 5.79. The number of benzene rings is 2. The number of halogens is 3. The molecule has 0 aliphatic carbocycles. The molecule has 0 radical (unpaired) electrons. The maximum atomic E-state index is 13.7. The Balaban J connectivity index is 0.00000261. The zero-order valence-electron chi connectivity index (χ0n) is 14.9. The summed E-state index contributed by atoms with van der Waals surface area (Å²) in [4.78, 5) is 4.12. The van der Waals surface area contributed by atoms with Crippen LogP contribution in [-0.4, -0.2) is 32.8 Å². The third-order valence-corrected chi connectivity index (χ3v) is 3.96. The zero-order valence-corrected chi connectivity index (χ0v) is 17.3. The Morgan fingerprint density at radius 3 is 2.48 bits per heavy atom. The molecule has 8 heteroatoms. The van der Waals surface area contributed by atoms with Crippen molar-refractivity contribution in [3.05, 3.63) is 53.6 Å². The summed E-state index contributed by atoms with van der Waals surface area (Å²) in [6.45, 7) is 1.58. The van der Waals surface area contributed by atoms with E-state index < -0.39 is 11.6 Å². The van der Waals surface area contributed by atoms with E-state index in [1.807, 2.05) is 18.2 Å². The lowest BCUT2D eigenvalue weighted by Crippen LogP contribution is -2.32. The highest BCUT2D eigenvalue weighted by Gasteiger charge is 2.12. The molecule has 0 saturated carbocycles. The van der Waals surface area contributed by atoms with Gasteiger partial charge in [-0.1, -0.05) is 6.07 Å². The van der Waals surface area contributed by atoms with Crippen LogP contribution in [0.25, 0.3) is 0 Å². The Morgan fingerprint density at radius 1 is 1.07 bits per heavy atom. The molecule has 0 saturated heterocycles. The van der Waals surface area contributed by atoms with Gasteiger partial charge >= 0.3 is 0 Å². The van der Waals surface area contributed by atoms with Crippen molar-refractivity contribution in [2.24, 2.45) is 4.99 Å². The van der Waals surface area contributed by atoms with Crippen molar-refractivity contribution in [2.45, 2.75) is 12.8 Å². The van der Waals surface area contributed by atoms with Gasteiger partial charge in [0.1, 0.15) is 11.6 Å². The van der Waals surface area contributed by atoms with Crippen LogP contribution < -0.4 is 20.1 Å². The number of hydrogen-bond donors (Lipinski definition) is 2. The standard InChI is InChI=1S/C19H21F2N3O2.HI/c1-22-19(23-9-8-14-15(20)4-2-5-16(14)21)24-13-6-7-17-18(12-13)26-11-3-10-25-17;/h2,4-7,12H,3,8-11H2,1H3,(H2,22,23,24);1H. The van der Waals surface area contributed by atoms with E-state index in [-0.39, 0.29) is 36.0 Å². The first-order chi connectivity index (χ1) is 12.7. The molecule has 1 heterocycles. The molecule has 0 atom stereocenters. The van der Waals surface area contributed by atoms with Crippen molar-refractivity contribution in [3.63, 3.8) is 0 Å². The van der Waals surface area contributed by atoms with Crippen molar-refractivity contribution in [3.8, 4) is 11.5 Å². The lowest BCUT2D eigenvalue weighted by molar-refractivity contribution is 0.297. The van der Waals surface area contributed by atoms with Crippen LogP contribution in [0.1, 0.15) is 12.0 Å². The summed E-state index contributed by atoms with van der Waals surface area (Å²) in [5.74, 6) is 0.800. The number of rotatable bonds is 4. The van der Waals surface area contributed by atoms with Gasteiger partial charge in [-0.15, -0.1) is 24.0 Å². The largest absolute Gasteiger partial charge is 0.490 e. The molecule has 2 N–H and O–H groups in total. The Morgan fingerprint density at radius 2 is 1.78 bits per heavy atom. The molecule has 0 amide bonds. The fourth-order valence-electron chi connectivity index (χ4n) is 2.63. The highest BCUT2D eigenvalue weighted by Crippen LogP contribution is 2.32. The highest BCUT2D eigenvalue weighted by atomic mass is 127. The fourth-order valence-corrected chi connectivity index (χ4v) is 2.63. The van der Waals surface area contributed by atoms with E-state index in [2.05, 4.69) is 15.6 Å². The summed E-state index contributed by atoms with van der Waals surface area (Å²) in [7, 11) is 1.63. The molecular weight excluding hydrogens is 467 g/mol. The molecule has 1 aliphatic heterocycles. The first-order valence-electron chi connectivity index (χ1n) is 8.47. The van der Waals surface area contributed by atoms with Gasteiger partial charge in [-0.05, 0) is 30.7 Å². The molecule has 2 aromatic rings.